The number of benzene rings is 1. The fourth-order valence-electron chi connectivity index (χ4n) is 2.11. The van der Waals surface area contributed by atoms with E-state index in [0.717, 1.165) is 5.56 Å². The molecule has 0 saturated heterocycles. The summed E-state index contributed by atoms with van der Waals surface area (Å²) in [5.41, 5.74) is 1.05. The van der Waals surface area contributed by atoms with Crippen molar-refractivity contribution in [2.24, 2.45) is 0 Å². The molecule has 24 heavy (non-hydrogen) atoms. The van der Waals surface area contributed by atoms with Crippen LogP contribution in [-0.2, 0) is 11.3 Å². The Balaban J connectivity index is 1.95. The lowest BCUT2D eigenvalue weighted by Crippen LogP contribution is -2.35. The molecule has 2 N–H and O–H groups in total. The molecule has 2 rings (SSSR count). The monoisotopic (exact) mass is 351 g/mol. The number of nitrogens with one attached hydrogen (secondary N) is 1. The van der Waals surface area contributed by atoms with Gasteiger partial charge in [0.25, 0.3) is 5.91 Å². The number of furan rings is 1. The molecule has 6 nitrogen and oxygen atoms in total. The largest absolute Gasteiger partial charge is 0.479 e. The minimum absolute atomic E-state index is 0.0716. The summed E-state index contributed by atoms with van der Waals surface area (Å²) in [5.74, 6) is -0.346. The average molecular weight is 352 g/mol. The first-order chi connectivity index (χ1) is 11.3. The number of aromatic carboxylic acids is 1. The van der Waals surface area contributed by atoms with Crippen LogP contribution < -0.4 is 10.1 Å². The summed E-state index contributed by atoms with van der Waals surface area (Å²) in [6.45, 7) is 5.12. The predicted molar refractivity (Wildman–Crippen MR) is 88.5 cm³/mol. The Hall–Kier alpha value is -2.47. The number of rotatable bonds is 6. The summed E-state index contributed by atoms with van der Waals surface area (Å²) in [6, 6.07) is 6.69. The van der Waals surface area contributed by atoms with Crippen molar-refractivity contribution in [3.8, 4) is 5.75 Å². The Kier molecular flexibility index (Phi) is 5.51. The van der Waals surface area contributed by atoms with Gasteiger partial charge in [-0.2, -0.15) is 0 Å². The number of carbonyl (C=O) groups excluding carboxylic acids is 1. The van der Waals surface area contributed by atoms with Crippen molar-refractivity contribution in [1.82, 2.24) is 5.32 Å². The van der Waals surface area contributed by atoms with Gasteiger partial charge in [-0.3, -0.25) is 4.79 Å². The zero-order valence-electron chi connectivity index (χ0n) is 13.6. The summed E-state index contributed by atoms with van der Waals surface area (Å²) in [6.07, 6.45) is -0.765. The molecule has 1 unspecified atom stereocenters. The molecule has 0 aliphatic heterocycles. The van der Waals surface area contributed by atoms with Gasteiger partial charge in [0.1, 0.15) is 22.8 Å². The predicted octanol–water partition coefficient (Wildman–Crippen LogP) is 3.33. The second-order valence-electron chi connectivity index (χ2n) is 5.40. The SMILES string of the molecule is Cc1ccc(Cl)c(OC(C)C(=O)NCc2cc(C(=O)O)c(C)o2)c1. The van der Waals surface area contributed by atoms with E-state index in [4.69, 9.17) is 25.9 Å². The number of ether oxygens (including phenoxy) is 1. The van der Waals surface area contributed by atoms with Crippen LogP contribution in [0.25, 0.3) is 0 Å². The molecule has 0 spiro atoms. The van der Waals surface area contributed by atoms with Crippen LogP contribution in [0.5, 0.6) is 5.75 Å². The van der Waals surface area contributed by atoms with Crippen LogP contribution in [0.1, 0.15) is 34.4 Å². The molecule has 1 amide bonds. The van der Waals surface area contributed by atoms with Crippen molar-refractivity contribution in [2.75, 3.05) is 0 Å². The third kappa shape index (κ3) is 4.29. The van der Waals surface area contributed by atoms with E-state index in [0.29, 0.717) is 22.3 Å². The molecule has 7 heteroatoms. The van der Waals surface area contributed by atoms with Crippen LogP contribution in [0, 0.1) is 13.8 Å². The van der Waals surface area contributed by atoms with Gasteiger partial charge in [0.15, 0.2) is 6.10 Å². The average Bonchev–Trinajstić information content (AvgIpc) is 2.89. The molecule has 0 saturated carbocycles. The quantitative estimate of drug-likeness (QED) is 0.833. The first-order valence-electron chi connectivity index (χ1n) is 7.31. The Labute approximate surface area is 144 Å². The van der Waals surface area contributed by atoms with Crippen molar-refractivity contribution in [3.05, 3.63) is 51.9 Å². The van der Waals surface area contributed by atoms with Crippen molar-refractivity contribution in [1.29, 1.82) is 0 Å². The first kappa shape index (κ1) is 17.9. The molecule has 1 aromatic heterocycles. The highest BCUT2D eigenvalue weighted by Crippen LogP contribution is 2.26. The maximum Gasteiger partial charge on any atom is 0.339 e. The highest BCUT2D eigenvalue weighted by atomic mass is 35.5. The summed E-state index contributed by atoms with van der Waals surface area (Å²) in [7, 11) is 0. The van der Waals surface area contributed by atoms with Gasteiger partial charge in [0.2, 0.25) is 0 Å². The smallest absolute Gasteiger partial charge is 0.339 e. The van der Waals surface area contributed by atoms with Crippen LogP contribution in [0.4, 0.5) is 0 Å². The summed E-state index contributed by atoms with van der Waals surface area (Å²) in [4.78, 5) is 23.1. The van der Waals surface area contributed by atoms with Gasteiger partial charge in [0, 0.05) is 0 Å². The van der Waals surface area contributed by atoms with Crippen molar-refractivity contribution >= 4 is 23.5 Å². The van der Waals surface area contributed by atoms with E-state index in [9.17, 15) is 9.59 Å². The van der Waals surface area contributed by atoms with E-state index in [1.165, 1.54) is 6.07 Å². The molecule has 1 heterocycles. The molecule has 0 bridgehead atoms. The highest BCUT2D eigenvalue weighted by Gasteiger charge is 2.18. The van der Waals surface area contributed by atoms with Gasteiger partial charge in [-0.15, -0.1) is 0 Å². The molecule has 0 radical (unpaired) electrons. The van der Waals surface area contributed by atoms with Gasteiger partial charge in [-0.05, 0) is 44.5 Å². The van der Waals surface area contributed by atoms with Crippen LogP contribution in [-0.4, -0.2) is 23.1 Å². The van der Waals surface area contributed by atoms with Crippen LogP contribution in [0.3, 0.4) is 0 Å². The van der Waals surface area contributed by atoms with Crippen LogP contribution in [0.15, 0.2) is 28.7 Å². The molecule has 128 valence electrons. The van der Waals surface area contributed by atoms with Gasteiger partial charge >= 0.3 is 5.97 Å². The Bertz CT molecular complexity index is 768. The molecule has 2 aromatic rings. The van der Waals surface area contributed by atoms with Crippen molar-refractivity contribution in [3.63, 3.8) is 0 Å². The molecule has 1 aromatic carbocycles. The van der Waals surface area contributed by atoms with E-state index < -0.39 is 12.1 Å². The van der Waals surface area contributed by atoms with E-state index in [1.54, 1.807) is 26.0 Å². The fourth-order valence-corrected chi connectivity index (χ4v) is 2.27. The van der Waals surface area contributed by atoms with Gasteiger partial charge in [0.05, 0.1) is 11.6 Å². The lowest BCUT2D eigenvalue weighted by atomic mass is 10.2. The van der Waals surface area contributed by atoms with Gasteiger partial charge in [-0.25, -0.2) is 4.79 Å². The number of hydrogen-bond donors (Lipinski definition) is 2. The van der Waals surface area contributed by atoms with E-state index >= 15 is 0 Å². The number of carboxylic acids is 1. The minimum Gasteiger partial charge on any atom is -0.479 e. The standard InChI is InChI=1S/C17H18ClNO5/c1-9-4-5-14(18)15(6-9)24-11(3)16(20)19-8-12-7-13(17(21)22)10(2)23-12/h4-7,11H,8H2,1-3H3,(H,19,20)(H,21,22). The molecular formula is C17H18ClNO5. The zero-order valence-corrected chi connectivity index (χ0v) is 14.3. The van der Waals surface area contributed by atoms with Gasteiger partial charge < -0.3 is 19.6 Å². The lowest BCUT2D eigenvalue weighted by Gasteiger charge is -2.15. The Morgan fingerprint density at radius 3 is 2.67 bits per heavy atom. The number of hydrogen-bond acceptors (Lipinski definition) is 4. The summed E-state index contributed by atoms with van der Waals surface area (Å²) >= 11 is 6.04. The maximum absolute atomic E-state index is 12.1. The number of amides is 1. The van der Waals surface area contributed by atoms with E-state index in [-0.39, 0.29) is 18.0 Å². The highest BCUT2D eigenvalue weighted by molar-refractivity contribution is 6.32. The molecular weight excluding hydrogens is 334 g/mol. The third-order valence-electron chi connectivity index (χ3n) is 3.40. The molecule has 0 fully saturated rings. The number of carbonyl (C=O) groups is 2. The Morgan fingerprint density at radius 2 is 2.04 bits per heavy atom. The first-order valence-corrected chi connectivity index (χ1v) is 7.69. The third-order valence-corrected chi connectivity index (χ3v) is 3.71. The number of halogens is 1. The molecule has 0 aliphatic rings. The normalized spacial score (nSPS) is 11.8. The van der Waals surface area contributed by atoms with E-state index in [1.807, 2.05) is 13.0 Å². The number of carboxylic acid groups (broad SMARTS) is 1. The molecule has 0 aliphatic carbocycles. The second kappa shape index (κ2) is 7.40. The van der Waals surface area contributed by atoms with Crippen molar-refractivity contribution < 1.29 is 23.8 Å². The lowest BCUT2D eigenvalue weighted by molar-refractivity contribution is -0.127. The van der Waals surface area contributed by atoms with E-state index in [2.05, 4.69) is 5.32 Å². The number of aryl methyl sites for hydroxylation is 2. The second-order valence-corrected chi connectivity index (χ2v) is 5.81. The van der Waals surface area contributed by atoms with Crippen molar-refractivity contribution in [2.45, 2.75) is 33.4 Å². The van der Waals surface area contributed by atoms with Gasteiger partial charge in [-0.1, -0.05) is 17.7 Å². The zero-order chi connectivity index (χ0) is 17.9. The topological polar surface area (TPSA) is 88.8 Å². The van der Waals surface area contributed by atoms with Crippen LogP contribution >= 0.6 is 11.6 Å². The summed E-state index contributed by atoms with van der Waals surface area (Å²) in [5, 5.41) is 12.0. The molecule has 1 atom stereocenters. The maximum atomic E-state index is 12.1. The minimum atomic E-state index is -1.07. The fraction of sp³-hybridized carbons (Fsp3) is 0.294. The summed E-state index contributed by atoms with van der Waals surface area (Å²) < 4.78 is 10.9. The van der Waals surface area contributed by atoms with Crippen LogP contribution in [0.2, 0.25) is 5.02 Å². The Morgan fingerprint density at radius 1 is 1.33 bits per heavy atom.